The number of rotatable bonds is 4. The summed E-state index contributed by atoms with van der Waals surface area (Å²) in [4.78, 5) is 5.72. The van der Waals surface area contributed by atoms with E-state index in [0.29, 0.717) is 12.0 Å². The maximum absolute atomic E-state index is 6.81. The molecule has 4 atom stereocenters. The topological polar surface area (TPSA) is 60.2 Å². The monoisotopic (exact) mass is 309 g/mol. The van der Waals surface area contributed by atoms with Crippen LogP contribution >= 0.6 is 11.3 Å². The van der Waals surface area contributed by atoms with Crippen molar-refractivity contribution in [3.8, 4) is 0 Å². The van der Waals surface area contributed by atoms with Crippen LogP contribution in [-0.2, 0) is 4.74 Å². The Hall–Kier alpha value is -0.490. The van der Waals surface area contributed by atoms with Crippen molar-refractivity contribution in [1.82, 2.24) is 10.3 Å². The zero-order chi connectivity index (χ0) is 15.3. The Morgan fingerprint density at radius 1 is 1.57 bits per heavy atom. The first-order chi connectivity index (χ1) is 9.86. The molecule has 21 heavy (non-hydrogen) atoms. The molecule has 1 aromatic heterocycles. The number of thiazole rings is 1. The molecule has 2 fully saturated rings. The smallest absolute Gasteiger partial charge is 0.109 e. The van der Waals surface area contributed by atoms with E-state index >= 15 is 0 Å². The Labute approximate surface area is 131 Å². The molecule has 1 aromatic rings. The van der Waals surface area contributed by atoms with Crippen LogP contribution in [0.3, 0.4) is 0 Å². The second-order valence-corrected chi connectivity index (χ2v) is 8.48. The van der Waals surface area contributed by atoms with Crippen molar-refractivity contribution in [2.75, 3.05) is 13.2 Å². The molecular weight excluding hydrogens is 282 g/mol. The molecule has 118 valence electrons. The molecular formula is C16H27N3OS. The highest BCUT2D eigenvalue weighted by Crippen LogP contribution is 2.57. The first kappa shape index (κ1) is 15.4. The van der Waals surface area contributed by atoms with Gasteiger partial charge in [0.1, 0.15) is 5.01 Å². The number of aryl methyl sites for hydroxylation is 1. The van der Waals surface area contributed by atoms with Gasteiger partial charge in [-0.25, -0.2) is 4.98 Å². The summed E-state index contributed by atoms with van der Waals surface area (Å²) in [6.45, 7) is 10.5. The van der Waals surface area contributed by atoms with Crippen LogP contribution in [0.2, 0.25) is 0 Å². The quantitative estimate of drug-likeness (QED) is 0.897. The van der Waals surface area contributed by atoms with Crippen LogP contribution < -0.4 is 11.1 Å². The van der Waals surface area contributed by atoms with Gasteiger partial charge in [-0.2, -0.15) is 0 Å². The van der Waals surface area contributed by atoms with E-state index in [1.54, 1.807) is 11.3 Å². The summed E-state index contributed by atoms with van der Waals surface area (Å²) in [7, 11) is 0. The second-order valence-electron chi connectivity index (χ2n) is 7.21. The molecule has 0 radical (unpaired) electrons. The van der Waals surface area contributed by atoms with Crippen molar-refractivity contribution in [3.05, 3.63) is 16.1 Å². The lowest BCUT2D eigenvalue weighted by Gasteiger charge is -2.66. The van der Waals surface area contributed by atoms with Crippen LogP contribution in [-0.4, -0.2) is 29.8 Å². The lowest BCUT2D eigenvalue weighted by atomic mass is 9.46. The first-order valence-electron chi connectivity index (χ1n) is 7.92. The van der Waals surface area contributed by atoms with Crippen LogP contribution in [0.1, 0.15) is 49.5 Å². The number of nitrogens with one attached hydrogen (secondary N) is 1. The maximum Gasteiger partial charge on any atom is 0.109 e. The van der Waals surface area contributed by atoms with Gasteiger partial charge in [-0.1, -0.05) is 13.8 Å². The van der Waals surface area contributed by atoms with E-state index in [9.17, 15) is 0 Å². The van der Waals surface area contributed by atoms with Gasteiger partial charge >= 0.3 is 0 Å². The van der Waals surface area contributed by atoms with Crippen molar-refractivity contribution in [2.45, 2.75) is 58.2 Å². The molecule has 4 nitrogen and oxygen atoms in total. The third-order valence-corrected chi connectivity index (χ3v) is 6.70. The molecule has 3 rings (SSSR count). The Balaban J connectivity index is 1.66. The number of nitrogens with two attached hydrogens (primary N) is 1. The molecule has 1 saturated heterocycles. The Morgan fingerprint density at radius 2 is 2.33 bits per heavy atom. The molecule has 5 heteroatoms. The zero-order valence-corrected chi connectivity index (χ0v) is 14.3. The minimum Gasteiger partial charge on any atom is -0.377 e. The van der Waals surface area contributed by atoms with Crippen molar-refractivity contribution < 1.29 is 4.74 Å². The van der Waals surface area contributed by atoms with Gasteiger partial charge in [0, 0.05) is 41.1 Å². The summed E-state index contributed by atoms with van der Waals surface area (Å²) in [5.74, 6) is 0.485. The van der Waals surface area contributed by atoms with Crippen LogP contribution in [0.4, 0.5) is 0 Å². The lowest BCUT2D eigenvalue weighted by Crippen LogP contribution is -2.80. The molecule has 2 heterocycles. The normalized spacial score (nSPS) is 35.9. The van der Waals surface area contributed by atoms with Crippen LogP contribution in [0.25, 0.3) is 0 Å². The predicted octanol–water partition coefficient (Wildman–Crippen LogP) is 2.63. The number of ether oxygens (including phenoxy) is 1. The molecule has 3 N–H and O–H groups in total. The fourth-order valence-corrected chi connectivity index (χ4v) is 4.81. The Morgan fingerprint density at radius 3 is 3.00 bits per heavy atom. The van der Waals surface area contributed by atoms with Gasteiger partial charge in [-0.05, 0) is 26.7 Å². The molecule has 0 aromatic carbocycles. The van der Waals surface area contributed by atoms with Gasteiger partial charge in [0.15, 0.2) is 0 Å². The van der Waals surface area contributed by atoms with Gasteiger partial charge in [-0.3, -0.25) is 0 Å². The molecule has 4 unspecified atom stereocenters. The standard InChI is InChI=1S/C16H27N3OS/c1-10-8-18-14(21-10)11(2)19-9-16(17)12-6-5-7-20-13(12)15(16,3)4/h8,11-13,19H,5-7,9,17H2,1-4H3. The molecule has 1 saturated carbocycles. The summed E-state index contributed by atoms with van der Waals surface area (Å²) < 4.78 is 5.96. The summed E-state index contributed by atoms with van der Waals surface area (Å²) in [6, 6.07) is 0.253. The fourth-order valence-electron chi connectivity index (χ4n) is 4.01. The minimum absolute atomic E-state index is 0.0314. The third kappa shape index (κ3) is 2.34. The molecule has 0 bridgehead atoms. The minimum atomic E-state index is -0.182. The summed E-state index contributed by atoms with van der Waals surface area (Å²) in [5.41, 5.74) is 6.66. The fraction of sp³-hybridized carbons (Fsp3) is 0.812. The highest BCUT2D eigenvalue weighted by molar-refractivity contribution is 7.11. The second kappa shape index (κ2) is 5.30. The van der Waals surface area contributed by atoms with Crippen molar-refractivity contribution in [1.29, 1.82) is 0 Å². The SMILES string of the molecule is Cc1cnc(C(C)NCC2(N)C3CCCOC3C2(C)C)s1. The van der Waals surface area contributed by atoms with E-state index in [0.717, 1.165) is 24.6 Å². The number of nitrogens with zero attached hydrogens (tertiary/aromatic N) is 1. The summed E-state index contributed by atoms with van der Waals surface area (Å²) >= 11 is 1.76. The van der Waals surface area contributed by atoms with E-state index in [2.05, 4.69) is 38.0 Å². The van der Waals surface area contributed by atoms with Gasteiger partial charge < -0.3 is 15.8 Å². The van der Waals surface area contributed by atoms with Gasteiger partial charge in [0.2, 0.25) is 0 Å². The van der Waals surface area contributed by atoms with E-state index < -0.39 is 0 Å². The van der Waals surface area contributed by atoms with Gasteiger partial charge in [0.05, 0.1) is 12.1 Å². The average molecular weight is 309 g/mol. The molecule has 0 amide bonds. The first-order valence-corrected chi connectivity index (χ1v) is 8.74. The third-order valence-electron chi connectivity index (χ3n) is 5.61. The van der Waals surface area contributed by atoms with Crippen LogP contribution in [0.5, 0.6) is 0 Å². The largest absolute Gasteiger partial charge is 0.377 e. The highest BCUT2D eigenvalue weighted by atomic mass is 32.1. The van der Waals surface area contributed by atoms with Crippen molar-refractivity contribution in [2.24, 2.45) is 17.1 Å². The predicted molar refractivity (Wildman–Crippen MR) is 86.4 cm³/mol. The molecule has 2 aliphatic rings. The average Bonchev–Trinajstić information content (AvgIpc) is 2.91. The number of aromatic nitrogens is 1. The Kier molecular flexibility index (Phi) is 3.89. The number of hydrogen-bond donors (Lipinski definition) is 2. The van der Waals surface area contributed by atoms with Gasteiger partial charge in [0.25, 0.3) is 0 Å². The molecule has 1 aliphatic carbocycles. The maximum atomic E-state index is 6.81. The summed E-state index contributed by atoms with van der Waals surface area (Å²) in [6.07, 6.45) is 4.60. The highest BCUT2D eigenvalue weighted by Gasteiger charge is 2.66. The van der Waals surface area contributed by atoms with Crippen molar-refractivity contribution in [3.63, 3.8) is 0 Å². The molecule has 0 spiro atoms. The van der Waals surface area contributed by atoms with E-state index in [4.69, 9.17) is 10.5 Å². The van der Waals surface area contributed by atoms with E-state index in [1.807, 2.05) is 6.20 Å². The number of hydrogen-bond acceptors (Lipinski definition) is 5. The van der Waals surface area contributed by atoms with E-state index in [1.165, 1.54) is 11.3 Å². The van der Waals surface area contributed by atoms with Crippen LogP contribution in [0, 0.1) is 18.3 Å². The van der Waals surface area contributed by atoms with Gasteiger partial charge in [-0.15, -0.1) is 11.3 Å². The van der Waals surface area contributed by atoms with Crippen molar-refractivity contribution >= 4 is 11.3 Å². The number of fused-ring (bicyclic) bond motifs is 1. The zero-order valence-electron chi connectivity index (χ0n) is 13.5. The Bertz CT molecular complexity index is 515. The van der Waals surface area contributed by atoms with Crippen LogP contribution in [0.15, 0.2) is 6.20 Å². The summed E-state index contributed by atoms with van der Waals surface area (Å²) in [5, 5.41) is 4.75. The molecule has 1 aliphatic heterocycles. The lowest BCUT2D eigenvalue weighted by molar-refractivity contribution is -0.226. The van der Waals surface area contributed by atoms with E-state index in [-0.39, 0.29) is 17.0 Å².